The highest BCUT2D eigenvalue weighted by molar-refractivity contribution is 5.64. The number of rotatable bonds is 3. The Balaban J connectivity index is 2.04. The van der Waals surface area contributed by atoms with Gasteiger partial charge in [-0.3, -0.25) is 0 Å². The van der Waals surface area contributed by atoms with Crippen LogP contribution in [-0.4, -0.2) is 19.7 Å². The van der Waals surface area contributed by atoms with Crippen LogP contribution in [0.1, 0.15) is 6.42 Å². The first-order chi connectivity index (χ1) is 7.40. The molecular weight excluding hydrogens is 190 g/mol. The third-order valence-electron chi connectivity index (χ3n) is 2.22. The summed E-state index contributed by atoms with van der Waals surface area (Å²) in [4.78, 5) is 0. The topological polar surface area (TPSA) is 57.1 Å². The smallest absolute Gasteiger partial charge is 0.144 e. The molecule has 0 bridgehead atoms. The van der Waals surface area contributed by atoms with Gasteiger partial charge in [0.2, 0.25) is 0 Å². The minimum atomic E-state index is 0.510. The van der Waals surface area contributed by atoms with Crippen LogP contribution in [0.5, 0.6) is 5.75 Å². The van der Waals surface area contributed by atoms with E-state index < -0.39 is 0 Å². The number of nitrogens with one attached hydrogen (secondary N) is 2. The maximum absolute atomic E-state index is 8.41. The van der Waals surface area contributed by atoms with Crippen molar-refractivity contribution in [3.8, 4) is 11.8 Å². The molecule has 2 rings (SSSR count). The first kappa shape index (κ1) is 9.66. The normalized spacial score (nSPS) is 13.0. The Morgan fingerprint density at radius 2 is 2.47 bits per heavy atom. The van der Waals surface area contributed by atoms with Crippen molar-refractivity contribution < 1.29 is 4.74 Å². The summed E-state index contributed by atoms with van der Waals surface area (Å²) in [5, 5.41) is 14.8. The number of nitrogens with zero attached hydrogens (tertiary/aromatic N) is 1. The van der Waals surface area contributed by atoms with Crippen molar-refractivity contribution in [2.45, 2.75) is 6.42 Å². The van der Waals surface area contributed by atoms with Crippen LogP contribution in [0.3, 0.4) is 0 Å². The fraction of sp³-hybridized carbons (Fsp3) is 0.364. The first-order valence-electron chi connectivity index (χ1n) is 5.02. The number of anilines is 2. The summed E-state index contributed by atoms with van der Waals surface area (Å²) in [6.45, 7) is 2.23. The molecule has 0 saturated heterocycles. The van der Waals surface area contributed by atoms with Crippen LogP contribution in [0, 0.1) is 11.3 Å². The highest BCUT2D eigenvalue weighted by Gasteiger charge is 2.09. The molecule has 0 unspecified atom stereocenters. The molecule has 0 aliphatic carbocycles. The van der Waals surface area contributed by atoms with Gasteiger partial charge in [-0.05, 0) is 12.1 Å². The van der Waals surface area contributed by atoms with E-state index >= 15 is 0 Å². The lowest BCUT2D eigenvalue weighted by Crippen LogP contribution is -2.18. The molecule has 0 saturated carbocycles. The molecule has 0 spiro atoms. The van der Waals surface area contributed by atoms with Gasteiger partial charge in [-0.25, -0.2) is 0 Å². The van der Waals surface area contributed by atoms with E-state index in [1.54, 1.807) is 0 Å². The minimum absolute atomic E-state index is 0.510. The van der Waals surface area contributed by atoms with Crippen LogP contribution in [0.15, 0.2) is 18.2 Å². The van der Waals surface area contributed by atoms with Gasteiger partial charge in [-0.2, -0.15) is 5.26 Å². The van der Waals surface area contributed by atoms with Gasteiger partial charge in [0.25, 0.3) is 0 Å². The van der Waals surface area contributed by atoms with Crippen molar-refractivity contribution in [1.29, 1.82) is 5.26 Å². The number of ether oxygens (including phenoxy) is 1. The predicted molar refractivity (Wildman–Crippen MR) is 59.1 cm³/mol. The van der Waals surface area contributed by atoms with Gasteiger partial charge in [0.05, 0.1) is 18.2 Å². The van der Waals surface area contributed by atoms with Crippen LogP contribution in [0.25, 0.3) is 0 Å². The standard InChI is InChI=1S/C11H13N3O/c12-4-1-5-13-9-2-3-10-11(8-9)15-7-6-14-10/h2-3,8,13-14H,1,5-7H2. The Bertz CT molecular complexity index is 384. The zero-order valence-electron chi connectivity index (χ0n) is 8.42. The molecule has 4 heteroatoms. The van der Waals surface area contributed by atoms with Crippen LogP contribution >= 0.6 is 0 Å². The second kappa shape index (κ2) is 4.56. The van der Waals surface area contributed by atoms with Crippen molar-refractivity contribution in [3.63, 3.8) is 0 Å². The third kappa shape index (κ3) is 2.32. The zero-order chi connectivity index (χ0) is 10.5. The molecule has 0 atom stereocenters. The molecule has 1 aliphatic rings. The maximum Gasteiger partial charge on any atom is 0.144 e. The molecular formula is C11H13N3O. The molecule has 15 heavy (non-hydrogen) atoms. The number of hydrogen-bond donors (Lipinski definition) is 2. The van der Waals surface area contributed by atoms with Gasteiger partial charge in [-0.1, -0.05) is 0 Å². The number of fused-ring (bicyclic) bond motifs is 1. The highest BCUT2D eigenvalue weighted by atomic mass is 16.5. The second-order valence-electron chi connectivity index (χ2n) is 3.32. The van der Waals surface area contributed by atoms with E-state index in [0.29, 0.717) is 19.6 Å². The van der Waals surface area contributed by atoms with Crippen molar-refractivity contribution in [3.05, 3.63) is 18.2 Å². The summed E-state index contributed by atoms with van der Waals surface area (Å²) >= 11 is 0. The van der Waals surface area contributed by atoms with E-state index in [-0.39, 0.29) is 0 Å². The summed E-state index contributed by atoms with van der Waals surface area (Å²) in [6, 6.07) is 8.02. The third-order valence-corrected chi connectivity index (χ3v) is 2.22. The van der Waals surface area contributed by atoms with Gasteiger partial charge in [-0.15, -0.1) is 0 Å². The molecule has 1 aromatic rings. The Hall–Kier alpha value is -1.89. The molecule has 1 aromatic carbocycles. The Morgan fingerprint density at radius 1 is 1.53 bits per heavy atom. The van der Waals surface area contributed by atoms with Crippen molar-refractivity contribution in [2.24, 2.45) is 0 Å². The van der Waals surface area contributed by atoms with E-state index in [9.17, 15) is 0 Å². The summed E-state index contributed by atoms with van der Waals surface area (Å²) < 4.78 is 5.50. The number of benzene rings is 1. The molecule has 0 fully saturated rings. The quantitative estimate of drug-likeness (QED) is 0.736. The SMILES string of the molecule is N#CCCNc1ccc2c(c1)OCCN2. The van der Waals surface area contributed by atoms with Crippen LogP contribution in [0.2, 0.25) is 0 Å². The highest BCUT2D eigenvalue weighted by Crippen LogP contribution is 2.29. The molecule has 1 aliphatic heterocycles. The van der Waals surface area contributed by atoms with Gasteiger partial charge in [0.15, 0.2) is 0 Å². The predicted octanol–water partition coefficient (Wildman–Crippen LogP) is 1.82. The fourth-order valence-corrected chi connectivity index (χ4v) is 1.51. The first-order valence-corrected chi connectivity index (χ1v) is 5.02. The van der Waals surface area contributed by atoms with Crippen LogP contribution in [0.4, 0.5) is 11.4 Å². The molecule has 0 aromatic heterocycles. The summed E-state index contributed by atoms with van der Waals surface area (Å²) in [7, 11) is 0. The van der Waals surface area contributed by atoms with Crippen LogP contribution < -0.4 is 15.4 Å². The molecule has 78 valence electrons. The molecule has 1 heterocycles. The van der Waals surface area contributed by atoms with Crippen molar-refractivity contribution in [2.75, 3.05) is 30.3 Å². The average molecular weight is 203 g/mol. The Labute approximate surface area is 88.9 Å². The molecule has 0 radical (unpaired) electrons. The van der Waals surface area contributed by atoms with E-state index in [1.165, 1.54) is 0 Å². The lowest BCUT2D eigenvalue weighted by atomic mass is 10.2. The molecule has 0 amide bonds. The monoisotopic (exact) mass is 203 g/mol. The zero-order valence-corrected chi connectivity index (χ0v) is 8.42. The second-order valence-corrected chi connectivity index (χ2v) is 3.32. The molecule has 2 N–H and O–H groups in total. The minimum Gasteiger partial charge on any atom is -0.490 e. The van der Waals surface area contributed by atoms with E-state index in [0.717, 1.165) is 23.7 Å². The van der Waals surface area contributed by atoms with Gasteiger partial charge < -0.3 is 15.4 Å². The summed E-state index contributed by atoms with van der Waals surface area (Å²) in [5.74, 6) is 0.878. The largest absolute Gasteiger partial charge is 0.490 e. The van der Waals surface area contributed by atoms with Gasteiger partial charge in [0.1, 0.15) is 12.4 Å². The van der Waals surface area contributed by atoms with Crippen LogP contribution in [-0.2, 0) is 0 Å². The lowest BCUT2D eigenvalue weighted by Gasteiger charge is -2.19. The number of nitriles is 1. The fourth-order valence-electron chi connectivity index (χ4n) is 1.51. The maximum atomic E-state index is 8.41. The Morgan fingerprint density at radius 3 is 3.33 bits per heavy atom. The Kier molecular flexibility index (Phi) is 2.93. The summed E-state index contributed by atoms with van der Waals surface area (Å²) in [6.07, 6.45) is 0.510. The average Bonchev–Trinajstić information content (AvgIpc) is 2.29. The van der Waals surface area contributed by atoms with Crippen molar-refractivity contribution >= 4 is 11.4 Å². The lowest BCUT2D eigenvalue weighted by molar-refractivity contribution is 0.323. The summed E-state index contributed by atoms with van der Waals surface area (Å²) in [5.41, 5.74) is 2.03. The molecule has 4 nitrogen and oxygen atoms in total. The van der Waals surface area contributed by atoms with Crippen molar-refractivity contribution in [1.82, 2.24) is 0 Å². The van der Waals surface area contributed by atoms with Gasteiger partial charge in [0, 0.05) is 24.8 Å². The van der Waals surface area contributed by atoms with Gasteiger partial charge >= 0.3 is 0 Å². The van der Waals surface area contributed by atoms with E-state index in [4.69, 9.17) is 10.00 Å². The van der Waals surface area contributed by atoms with E-state index in [2.05, 4.69) is 16.7 Å². The van der Waals surface area contributed by atoms with E-state index in [1.807, 2.05) is 18.2 Å². The number of hydrogen-bond acceptors (Lipinski definition) is 4.